The van der Waals surface area contributed by atoms with Gasteiger partial charge in [-0.2, -0.15) is 0 Å². The first-order chi connectivity index (χ1) is 20.2. The van der Waals surface area contributed by atoms with Crippen LogP contribution in [0, 0.1) is 0 Å². The largest absolute Gasteiger partial charge is 0.383 e. The molecule has 0 spiro atoms. The van der Waals surface area contributed by atoms with Crippen LogP contribution in [0.2, 0.25) is 0 Å². The van der Waals surface area contributed by atoms with Gasteiger partial charge in [0.05, 0.1) is 27.5 Å². The van der Waals surface area contributed by atoms with Gasteiger partial charge < -0.3 is 30.3 Å². The number of likely N-dealkylation sites (N-methyl/N-ethyl adjacent to an activating group) is 1. The summed E-state index contributed by atoms with van der Waals surface area (Å²) in [6.45, 7) is 17.4. The Hall–Kier alpha value is -3.98. The van der Waals surface area contributed by atoms with E-state index >= 15 is 0 Å². The third-order valence-electron chi connectivity index (χ3n) is 7.82. The Kier molecular flexibility index (Phi) is 10.5. The molecule has 3 N–H and O–H groups in total. The molecule has 224 valence electrons. The second-order valence-corrected chi connectivity index (χ2v) is 10.7. The number of aromatic nitrogens is 2. The predicted octanol–water partition coefficient (Wildman–Crippen LogP) is 1.50. The van der Waals surface area contributed by atoms with E-state index in [0.717, 1.165) is 57.9 Å². The smallest absolute Gasteiger partial charge is 0.258 e. The van der Waals surface area contributed by atoms with Crippen LogP contribution in [-0.4, -0.2) is 90.0 Å². The Morgan fingerprint density at radius 1 is 1.24 bits per heavy atom. The normalized spacial score (nSPS) is 19.0. The van der Waals surface area contributed by atoms with Crippen molar-refractivity contribution in [3.05, 3.63) is 85.3 Å². The van der Waals surface area contributed by atoms with Gasteiger partial charge in [-0.05, 0) is 58.3 Å². The number of nitrogens with one attached hydrogen (secondary N) is 3. The fraction of sp³-hybridized carbons (Fsp3) is 0.438. The number of fused-ring (bicyclic) bond motifs is 1. The van der Waals surface area contributed by atoms with Gasteiger partial charge in [-0.3, -0.25) is 9.59 Å². The molecule has 4 rings (SSSR count). The number of carbonyl (C=O) groups is 1. The summed E-state index contributed by atoms with van der Waals surface area (Å²) < 4.78 is 14.9. The Morgan fingerprint density at radius 2 is 1.98 bits per heavy atom. The Labute approximate surface area is 246 Å². The third kappa shape index (κ3) is 7.64. The summed E-state index contributed by atoms with van der Waals surface area (Å²) in [5, 5.41) is 6.70. The Morgan fingerprint density at radius 3 is 2.67 bits per heavy atom. The van der Waals surface area contributed by atoms with E-state index in [1.54, 1.807) is 18.2 Å². The molecule has 0 atom stereocenters. The van der Waals surface area contributed by atoms with Gasteiger partial charge >= 0.3 is 0 Å². The standard InChI is InChI=1S/C32H42FN7O2/c1-6-23-19-24(18-22(4)40-16-14-38(5)15-17-40)35-32(42)26(23)20-30-36-28-21-29(34-12-9-13-39(7-2)8-3)27(33)11-10-25(28)31(41)37-30/h6,10,18,20-21,34H,1,7-9,11-17H2,2-5H3,(H,35,42)(H,36,37,41)/b22-18+,26-20-. The monoisotopic (exact) mass is 575 g/mol. The Balaban J connectivity index is 1.62. The zero-order valence-electron chi connectivity index (χ0n) is 25.1. The minimum Gasteiger partial charge on any atom is -0.383 e. The number of halogens is 1. The summed E-state index contributed by atoms with van der Waals surface area (Å²) >= 11 is 0. The van der Waals surface area contributed by atoms with Crippen LogP contribution in [0.15, 0.2) is 63.3 Å². The van der Waals surface area contributed by atoms with Gasteiger partial charge in [0.25, 0.3) is 11.5 Å². The highest BCUT2D eigenvalue weighted by Gasteiger charge is 2.20. The van der Waals surface area contributed by atoms with E-state index < -0.39 is 5.56 Å². The molecule has 9 nitrogen and oxygen atoms in total. The molecule has 1 amide bonds. The molecule has 1 saturated heterocycles. The summed E-state index contributed by atoms with van der Waals surface area (Å²) in [6.07, 6.45) is 8.93. The van der Waals surface area contributed by atoms with E-state index in [1.165, 1.54) is 6.08 Å². The maximum absolute atomic E-state index is 14.9. The lowest BCUT2D eigenvalue weighted by Gasteiger charge is -2.34. The quantitative estimate of drug-likeness (QED) is 0.209. The number of rotatable bonds is 11. The number of piperazine rings is 1. The van der Waals surface area contributed by atoms with Crippen molar-refractivity contribution < 1.29 is 9.18 Å². The molecule has 10 heteroatoms. The average Bonchev–Trinajstić information content (AvgIpc) is 3.13. The second kappa shape index (κ2) is 14.3. The lowest BCUT2D eigenvalue weighted by Crippen LogP contribution is -2.43. The number of amides is 1. The lowest BCUT2D eigenvalue weighted by atomic mass is 10.0. The van der Waals surface area contributed by atoms with Crippen LogP contribution in [0.25, 0.3) is 18.2 Å². The van der Waals surface area contributed by atoms with Crippen LogP contribution < -0.4 is 26.8 Å². The molecule has 0 saturated carbocycles. The average molecular weight is 576 g/mol. The molecule has 0 aromatic carbocycles. The molecular formula is C32H42FN7O2. The first-order valence-corrected chi connectivity index (χ1v) is 14.7. The zero-order chi connectivity index (χ0) is 30.2. The van der Waals surface area contributed by atoms with Crippen LogP contribution >= 0.6 is 0 Å². The van der Waals surface area contributed by atoms with Gasteiger partial charge in [0.2, 0.25) is 0 Å². The SMILES string of the molecule is C=CC1=C=C(/C=C(\C)N2CCN(C)CC2)NC(=O)/C1=C\c1nc2c(c(=O)[nH]1)=CCC(F)=C(NCCCN(CC)CC)C=2. The summed E-state index contributed by atoms with van der Waals surface area (Å²) in [5.41, 5.74) is 5.50. The van der Waals surface area contributed by atoms with Gasteiger partial charge in [-0.1, -0.05) is 38.3 Å². The predicted molar refractivity (Wildman–Crippen MR) is 166 cm³/mol. The molecule has 0 radical (unpaired) electrons. The van der Waals surface area contributed by atoms with Crippen LogP contribution in [0.4, 0.5) is 4.39 Å². The van der Waals surface area contributed by atoms with Crippen molar-refractivity contribution in [2.75, 3.05) is 59.4 Å². The number of H-pyrrole nitrogens is 1. The topological polar surface area (TPSA) is 96.6 Å². The van der Waals surface area contributed by atoms with Crippen LogP contribution in [0.3, 0.4) is 0 Å². The molecule has 1 aromatic heterocycles. The fourth-order valence-corrected chi connectivity index (χ4v) is 5.15. The molecule has 42 heavy (non-hydrogen) atoms. The number of allylic oxidation sites excluding steroid dienone is 4. The highest BCUT2D eigenvalue weighted by molar-refractivity contribution is 6.04. The maximum atomic E-state index is 14.9. The molecule has 0 bridgehead atoms. The summed E-state index contributed by atoms with van der Waals surface area (Å²) in [7, 11) is 2.11. The minimum atomic E-state index is -0.402. The summed E-state index contributed by atoms with van der Waals surface area (Å²) in [6, 6.07) is 0. The number of hydrogen-bond donors (Lipinski definition) is 3. The third-order valence-corrected chi connectivity index (χ3v) is 7.82. The molecular weight excluding hydrogens is 533 g/mol. The van der Waals surface area contributed by atoms with E-state index in [1.807, 2.05) is 13.0 Å². The lowest BCUT2D eigenvalue weighted by molar-refractivity contribution is -0.116. The fourth-order valence-electron chi connectivity index (χ4n) is 5.15. The molecule has 3 heterocycles. The van der Waals surface area contributed by atoms with E-state index in [-0.39, 0.29) is 29.6 Å². The van der Waals surface area contributed by atoms with Crippen LogP contribution in [-0.2, 0) is 4.79 Å². The molecule has 0 unspecified atom stereocenters. The van der Waals surface area contributed by atoms with Crippen molar-refractivity contribution in [2.24, 2.45) is 0 Å². The van der Waals surface area contributed by atoms with Gasteiger partial charge in [0.1, 0.15) is 11.7 Å². The second-order valence-electron chi connectivity index (χ2n) is 10.7. The van der Waals surface area contributed by atoms with Gasteiger partial charge in [-0.15, -0.1) is 0 Å². The van der Waals surface area contributed by atoms with Crippen molar-refractivity contribution >= 4 is 24.1 Å². The highest BCUT2D eigenvalue weighted by atomic mass is 19.1. The molecule has 2 aliphatic heterocycles. The van der Waals surface area contributed by atoms with Crippen molar-refractivity contribution in [3.8, 4) is 0 Å². The number of aromatic amines is 1. The van der Waals surface area contributed by atoms with Crippen molar-refractivity contribution in [2.45, 2.75) is 33.6 Å². The first kappa shape index (κ1) is 31.0. The van der Waals surface area contributed by atoms with E-state index in [4.69, 9.17) is 0 Å². The minimum absolute atomic E-state index is 0.00648. The number of nitrogens with zero attached hydrogens (tertiary/aromatic N) is 4. The van der Waals surface area contributed by atoms with Crippen LogP contribution in [0.5, 0.6) is 0 Å². The number of hydrogen-bond acceptors (Lipinski definition) is 7. The van der Waals surface area contributed by atoms with Gasteiger partial charge in [0.15, 0.2) is 0 Å². The van der Waals surface area contributed by atoms with Crippen molar-refractivity contribution in [1.82, 2.24) is 35.3 Å². The van der Waals surface area contributed by atoms with Gasteiger partial charge in [-0.25, -0.2) is 9.37 Å². The molecule has 1 aliphatic carbocycles. The van der Waals surface area contributed by atoms with E-state index in [0.29, 0.717) is 34.1 Å². The summed E-state index contributed by atoms with van der Waals surface area (Å²) in [4.78, 5) is 40.3. The zero-order valence-corrected chi connectivity index (χ0v) is 25.1. The van der Waals surface area contributed by atoms with Crippen molar-refractivity contribution in [3.63, 3.8) is 0 Å². The molecule has 1 fully saturated rings. The van der Waals surface area contributed by atoms with Crippen molar-refractivity contribution in [1.29, 1.82) is 0 Å². The van der Waals surface area contributed by atoms with Crippen LogP contribution in [0.1, 0.15) is 39.4 Å². The molecule has 1 aromatic rings. The Bertz CT molecular complexity index is 1550. The molecule has 3 aliphatic rings. The summed E-state index contributed by atoms with van der Waals surface area (Å²) in [5.74, 6) is -0.516. The van der Waals surface area contributed by atoms with Gasteiger partial charge in [0, 0.05) is 50.4 Å². The van der Waals surface area contributed by atoms with E-state index in [2.05, 4.69) is 68.5 Å². The maximum Gasteiger partial charge on any atom is 0.258 e. The first-order valence-electron chi connectivity index (χ1n) is 14.7. The highest BCUT2D eigenvalue weighted by Crippen LogP contribution is 2.20. The number of carbonyl (C=O) groups excluding carboxylic acids is 1. The van der Waals surface area contributed by atoms with E-state index in [9.17, 15) is 14.0 Å².